The van der Waals surface area contributed by atoms with E-state index in [-0.39, 0.29) is 30.0 Å². The van der Waals surface area contributed by atoms with Gasteiger partial charge in [0.15, 0.2) is 5.82 Å². The predicted molar refractivity (Wildman–Crippen MR) is 209 cm³/mol. The smallest absolute Gasteiger partial charge is 0.390 e. The van der Waals surface area contributed by atoms with Crippen LogP contribution < -0.4 is 27.5 Å². The van der Waals surface area contributed by atoms with Gasteiger partial charge < -0.3 is 31.5 Å². The van der Waals surface area contributed by atoms with Crippen molar-refractivity contribution in [3.8, 4) is 0 Å². The lowest BCUT2D eigenvalue weighted by Crippen LogP contribution is -2.41. The van der Waals surface area contributed by atoms with Gasteiger partial charge in [-0.05, 0) is 82.4 Å². The molecule has 0 aliphatic carbocycles. The zero-order chi connectivity index (χ0) is 39.8. The van der Waals surface area contributed by atoms with Crippen LogP contribution in [0.5, 0.6) is 0 Å². The molecule has 1 aromatic carbocycles. The molecule has 0 spiro atoms. The highest BCUT2D eigenvalue weighted by Crippen LogP contribution is 2.33. The number of aliphatic imine (C=N–C) groups is 2. The molecular weight excluding hydrogens is 726 g/mol. The average molecular weight is 781 g/mol. The van der Waals surface area contributed by atoms with E-state index in [9.17, 15) is 27.0 Å². The summed E-state index contributed by atoms with van der Waals surface area (Å²) in [6, 6.07) is 5.91. The molecule has 4 rings (SSSR count). The Kier molecular flexibility index (Phi) is 17.7. The van der Waals surface area contributed by atoms with Crippen LogP contribution in [0.3, 0.4) is 0 Å². The number of hydrogen-bond acceptors (Lipinski definition) is 11. The maximum atomic E-state index is 13.2. The Balaban J connectivity index is 0.00000253. The number of halogens is 3. The summed E-state index contributed by atoms with van der Waals surface area (Å²) in [7, 11) is 3.96. The van der Waals surface area contributed by atoms with Crippen molar-refractivity contribution in [1.82, 2.24) is 29.3 Å². The second kappa shape index (κ2) is 21.7. The number of rotatable bonds is 16. The summed E-state index contributed by atoms with van der Waals surface area (Å²) in [5.41, 5.74) is 12.4. The third-order valence-corrected chi connectivity index (χ3v) is 10.4. The fraction of sp³-hybridized carbons (Fsp3) is 0.571. The van der Waals surface area contributed by atoms with E-state index < -0.39 is 22.7 Å². The molecular formula is C35H55F3N12O3S. The lowest BCUT2D eigenvalue weighted by Gasteiger charge is -2.34. The fourth-order valence-electron chi connectivity index (χ4n) is 6.49. The Hall–Kier alpha value is -4.17. The molecule has 0 radical (unpaired) electrons. The van der Waals surface area contributed by atoms with E-state index in [2.05, 4.69) is 44.4 Å². The zero-order valence-electron chi connectivity index (χ0n) is 31.5. The monoisotopic (exact) mass is 780 g/mol. The summed E-state index contributed by atoms with van der Waals surface area (Å²) in [5, 5.41) is 9.73. The number of nitrogens with two attached hydrogens (primary N) is 3. The number of piperidine rings is 2. The third-order valence-electron chi connectivity index (χ3n) is 9.10. The van der Waals surface area contributed by atoms with Crippen LogP contribution in [0.4, 0.5) is 19.0 Å². The largest absolute Gasteiger partial charge is 0.419 e. The number of aryl methyl sites for hydroxylation is 1. The highest BCUT2D eigenvalue weighted by Gasteiger charge is 2.33. The number of likely N-dealkylation sites (tertiary alicyclic amines) is 1. The molecule has 19 heteroatoms. The van der Waals surface area contributed by atoms with Crippen LogP contribution in [-0.4, -0.2) is 126 Å². The molecule has 15 nitrogen and oxygen atoms in total. The second-order valence-corrected chi connectivity index (χ2v) is 14.9. The standard InChI is InChI=1S/C33H48F3N11O3S.C2H7N/c1-24(20-46(39)21-31(38)51(50)47-13-8-28(9-14-47)41-18-27(17-40-22-37)33(34,35)36)19-44-11-6-25(7-12-44)26-4-5-29-30(16-26)43(2)42-32(29)45(23-49)10-3-15-48;1-3-2/h4-5,15-18,21-25,28H,3,6-14,19-20,38-39H2,1-2H3,(H2,37,40);3H,1-2H3/b27-17+,31-21+,41-18?;. The molecule has 2 aliphatic heterocycles. The number of aldehydes is 1. The maximum Gasteiger partial charge on any atom is 0.419 e. The topological polar surface area (TPSA) is 197 Å². The highest BCUT2D eigenvalue weighted by molar-refractivity contribution is 7.86. The average Bonchev–Trinajstić information content (AvgIpc) is 3.46. The number of hydrazine groups is 1. The number of aromatic nitrogens is 2. The van der Waals surface area contributed by atoms with Crippen molar-refractivity contribution >= 4 is 53.0 Å². The number of benzene rings is 1. The van der Waals surface area contributed by atoms with Gasteiger partial charge >= 0.3 is 6.18 Å². The van der Waals surface area contributed by atoms with Crippen molar-refractivity contribution in [1.29, 1.82) is 0 Å². The highest BCUT2D eigenvalue weighted by atomic mass is 32.2. The lowest BCUT2D eigenvalue weighted by molar-refractivity contribution is -0.108. The van der Waals surface area contributed by atoms with Gasteiger partial charge in [0, 0.05) is 70.2 Å². The first-order chi connectivity index (χ1) is 25.8. The number of hydrogen-bond donors (Lipinski definition) is 4. The third kappa shape index (κ3) is 13.0. The van der Waals surface area contributed by atoms with Crippen LogP contribution in [-0.2, 0) is 27.6 Å². The molecule has 2 saturated heterocycles. The van der Waals surface area contributed by atoms with Crippen molar-refractivity contribution in [2.75, 3.05) is 64.8 Å². The molecule has 3 heterocycles. The molecule has 2 unspecified atom stereocenters. The number of fused-ring (bicyclic) bond motifs is 1. The van der Waals surface area contributed by atoms with Gasteiger partial charge in [0.25, 0.3) is 0 Å². The van der Waals surface area contributed by atoms with E-state index in [0.29, 0.717) is 56.8 Å². The van der Waals surface area contributed by atoms with E-state index in [1.807, 2.05) is 27.2 Å². The quantitative estimate of drug-likeness (QED) is 0.0646. The Morgan fingerprint density at radius 3 is 2.41 bits per heavy atom. The van der Waals surface area contributed by atoms with Gasteiger partial charge in [-0.2, -0.15) is 18.3 Å². The number of alkyl halides is 3. The number of carbonyl (C=O) groups excluding carboxylic acids is 2. The van der Waals surface area contributed by atoms with Crippen LogP contribution >= 0.6 is 0 Å². The molecule has 2 aromatic rings. The summed E-state index contributed by atoms with van der Waals surface area (Å²) >= 11 is 0. The molecule has 2 aliphatic rings. The molecule has 1 amide bonds. The van der Waals surface area contributed by atoms with Crippen molar-refractivity contribution in [3.05, 3.63) is 46.8 Å². The molecule has 300 valence electrons. The molecule has 0 bridgehead atoms. The van der Waals surface area contributed by atoms with Crippen molar-refractivity contribution < 1.29 is 27.0 Å². The number of nitrogens with one attached hydrogen (secondary N) is 1. The molecule has 1 aromatic heterocycles. The minimum Gasteiger partial charge on any atom is -0.390 e. The van der Waals surface area contributed by atoms with Gasteiger partial charge in [0.2, 0.25) is 6.41 Å². The Morgan fingerprint density at radius 2 is 1.81 bits per heavy atom. The summed E-state index contributed by atoms with van der Waals surface area (Å²) in [4.78, 5) is 33.8. The molecule has 54 heavy (non-hydrogen) atoms. The fourth-order valence-corrected chi connectivity index (χ4v) is 7.55. The van der Waals surface area contributed by atoms with Crippen LogP contribution in [0.25, 0.3) is 10.9 Å². The number of nitrogens with zero attached hydrogens (tertiary/aromatic N) is 8. The maximum absolute atomic E-state index is 13.2. The molecule has 0 saturated carbocycles. The van der Waals surface area contributed by atoms with Gasteiger partial charge in [0.1, 0.15) is 22.3 Å². The van der Waals surface area contributed by atoms with E-state index >= 15 is 0 Å². The molecule has 7 N–H and O–H groups in total. The minimum atomic E-state index is -4.60. The van der Waals surface area contributed by atoms with Crippen molar-refractivity contribution in [2.45, 2.75) is 57.2 Å². The van der Waals surface area contributed by atoms with E-state index in [0.717, 1.165) is 62.2 Å². The van der Waals surface area contributed by atoms with Gasteiger partial charge in [0.05, 0.1) is 23.5 Å². The van der Waals surface area contributed by atoms with Crippen molar-refractivity contribution in [3.63, 3.8) is 0 Å². The number of amides is 1. The lowest BCUT2D eigenvalue weighted by atomic mass is 9.88. The number of allylic oxidation sites excluding steroid dienone is 1. The van der Waals surface area contributed by atoms with Crippen LogP contribution in [0.15, 0.2) is 51.2 Å². The first-order valence-electron chi connectivity index (χ1n) is 17.9. The van der Waals surface area contributed by atoms with Crippen LogP contribution in [0.1, 0.15) is 50.5 Å². The summed E-state index contributed by atoms with van der Waals surface area (Å²) < 4.78 is 56.0. The van der Waals surface area contributed by atoms with E-state index in [1.54, 1.807) is 8.99 Å². The zero-order valence-corrected chi connectivity index (χ0v) is 32.3. The van der Waals surface area contributed by atoms with Gasteiger partial charge in [-0.1, -0.05) is 13.0 Å². The minimum absolute atomic E-state index is 0.103. The summed E-state index contributed by atoms with van der Waals surface area (Å²) in [6.45, 7) is 6.28. The van der Waals surface area contributed by atoms with E-state index in [1.165, 1.54) is 21.7 Å². The number of anilines is 1. The van der Waals surface area contributed by atoms with Crippen LogP contribution in [0, 0.1) is 5.92 Å². The van der Waals surface area contributed by atoms with Gasteiger partial charge in [-0.3, -0.25) is 19.4 Å². The van der Waals surface area contributed by atoms with Crippen molar-refractivity contribution in [2.24, 2.45) is 40.3 Å². The Morgan fingerprint density at radius 1 is 1.15 bits per heavy atom. The van der Waals surface area contributed by atoms with Gasteiger partial charge in [-0.15, -0.1) is 0 Å². The number of carbonyl (C=O) groups is 2. The van der Waals surface area contributed by atoms with E-state index in [4.69, 9.17) is 17.3 Å². The Labute approximate surface area is 317 Å². The first kappa shape index (κ1) is 44.2. The SMILES string of the molecule is CC(CN(N)/C=C(\N)S(=O)N1CCC(N=C/C(=C\N=CN)C(F)(F)F)CC1)CN1CCC(c2ccc3c(N(C=O)CCC=O)nn(C)c3c2)CC1.CNC. The summed E-state index contributed by atoms with van der Waals surface area (Å²) in [6.07, 6.45) is 3.60. The Bertz CT molecular complexity index is 1650. The molecule has 2 atom stereocenters. The first-order valence-corrected chi connectivity index (χ1v) is 19.0. The summed E-state index contributed by atoms with van der Waals surface area (Å²) in [5.74, 6) is 7.39. The van der Waals surface area contributed by atoms with Gasteiger partial charge in [-0.25, -0.2) is 19.3 Å². The molecule has 2 fully saturated rings. The normalized spacial score (nSPS) is 18.5. The second-order valence-electron chi connectivity index (χ2n) is 13.5. The predicted octanol–water partition coefficient (Wildman–Crippen LogP) is 2.34. The van der Waals surface area contributed by atoms with Crippen LogP contribution in [0.2, 0.25) is 0 Å².